The number of hydrogen-bond donors (Lipinski definition) is 0. The van der Waals surface area contributed by atoms with Crippen LogP contribution in [0.25, 0.3) is 0 Å². The summed E-state index contributed by atoms with van der Waals surface area (Å²) in [7, 11) is 0. The van der Waals surface area contributed by atoms with Crippen molar-refractivity contribution in [3.63, 3.8) is 0 Å². The van der Waals surface area contributed by atoms with Crippen LogP contribution in [0.1, 0.15) is 28.8 Å². The molecule has 2 aromatic carbocycles. The molecule has 158 valence electrons. The Labute approximate surface area is 181 Å². The molecule has 0 spiro atoms. The highest BCUT2D eigenvalue weighted by molar-refractivity contribution is 5.46. The fraction of sp³-hybridized carbons (Fsp3) is 0.292. The Kier molecular flexibility index (Phi) is 5.50. The van der Waals surface area contributed by atoms with Gasteiger partial charge in [-0.15, -0.1) is 5.10 Å². The lowest BCUT2D eigenvalue weighted by atomic mass is 10.0. The van der Waals surface area contributed by atoms with Gasteiger partial charge in [-0.1, -0.05) is 48.0 Å². The third kappa shape index (κ3) is 4.22. The summed E-state index contributed by atoms with van der Waals surface area (Å²) < 4.78 is 7.39. The Balaban J connectivity index is 1.43. The van der Waals surface area contributed by atoms with Crippen LogP contribution in [0.3, 0.4) is 0 Å². The van der Waals surface area contributed by atoms with Gasteiger partial charge in [-0.05, 0) is 47.2 Å². The van der Waals surface area contributed by atoms with Crippen LogP contribution in [-0.4, -0.2) is 51.3 Å². The van der Waals surface area contributed by atoms with E-state index in [1.807, 2.05) is 16.8 Å². The summed E-state index contributed by atoms with van der Waals surface area (Å²) in [6.45, 7) is 6.42. The zero-order chi connectivity index (χ0) is 21.0. The first-order valence-electron chi connectivity index (χ1n) is 10.7. The number of rotatable bonds is 6. The van der Waals surface area contributed by atoms with E-state index in [2.05, 4.69) is 86.8 Å². The molecule has 7 heteroatoms. The highest BCUT2D eigenvalue weighted by Gasteiger charge is 2.30. The van der Waals surface area contributed by atoms with Gasteiger partial charge in [-0.25, -0.2) is 4.68 Å². The fourth-order valence-electron chi connectivity index (χ4n) is 4.22. The summed E-state index contributed by atoms with van der Waals surface area (Å²) in [6, 6.07) is 23.1. The SMILES string of the molecule is Cc1ccc([C@@H](c2nnnn2Cc2ccco2)N2CCN(c3ccccc3)CC2)cc1. The zero-order valence-corrected chi connectivity index (χ0v) is 17.6. The van der Waals surface area contributed by atoms with Crippen LogP contribution in [0.4, 0.5) is 5.69 Å². The average Bonchev–Trinajstić information content (AvgIpc) is 3.49. The number of tetrazole rings is 1. The summed E-state index contributed by atoms with van der Waals surface area (Å²) in [5, 5.41) is 12.7. The summed E-state index contributed by atoms with van der Waals surface area (Å²) in [5.74, 6) is 1.68. The fourth-order valence-corrected chi connectivity index (χ4v) is 4.22. The maximum absolute atomic E-state index is 5.53. The predicted molar refractivity (Wildman–Crippen MR) is 119 cm³/mol. The second-order valence-corrected chi connectivity index (χ2v) is 7.95. The van der Waals surface area contributed by atoms with Crippen molar-refractivity contribution in [2.24, 2.45) is 0 Å². The minimum absolute atomic E-state index is 0.0107. The van der Waals surface area contributed by atoms with Gasteiger partial charge in [0, 0.05) is 31.9 Å². The quantitative estimate of drug-likeness (QED) is 0.481. The lowest BCUT2D eigenvalue weighted by molar-refractivity contribution is 0.201. The number of aryl methyl sites for hydroxylation is 1. The van der Waals surface area contributed by atoms with E-state index in [0.717, 1.165) is 37.8 Å². The third-order valence-corrected chi connectivity index (χ3v) is 5.88. The Bertz CT molecular complexity index is 1080. The highest BCUT2D eigenvalue weighted by Crippen LogP contribution is 2.29. The molecule has 1 saturated heterocycles. The van der Waals surface area contributed by atoms with Gasteiger partial charge >= 0.3 is 0 Å². The van der Waals surface area contributed by atoms with Crippen LogP contribution in [0.15, 0.2) is 77.4 Å². The molecule has 7 nitrogen and oxygen atoms in total. The van der Waals surface area contributed by atoms with Crippen molar-refractivity contribution in [3.05, 3.63) is 95.7 Å². The van der Waals surface area contributed by atoms with Crippen LogP contribution in [0.2, 0.25) is 0 Å². The Morgan fingerprint density at radius 1 is 0.903 bits per heavy atom. The van der Waals surface area contributed by atoms with Crippen molar-refractivity contribution in [3.8, 4) is 0 Å². The van der Waals surface area contributed by atoms with E-state index in [1.54, 1.807) is 6.26 Å². The number of aromatic nitrogens is 4. The largest absolute Gasteiger partial charge is 0.467 e. The summed E-state index contributed by atoms with van der Waals surface area (Å²) in [4.78, 5) is 4.92. The minimum Gasteiger partial charge on any atom is -0.467 e. The molecule has 31 heavy (non-hydrogen) atoms. The number of piperazine rings is 1. The van der Waals surface area contributed by atoms with Gasteiger partial charge in [-0.3, -0.25) is 4.90 Å². The summed E-state index contributed by atoms with van der Waals surface area (Å²) in [5.41, 5.74) is 3.72. The molecule has 2 aromatic heterocycles. The number of anilines is 1. The molecule has 0 amide bonds. The molecule has 4 aromatic rings. The van der Waals surface area contributed by atoms with Crippen LogP contribution < -0.4 is 4.90 Å². The van der Waals surface area contributed by atoms with E-state index in [9.17, 15) is 0 Å². The first-order chi connectivity index (χ1) is 15.3. The second-order valence-electron chi connectivity index (χ2n) is 7.95. The second kappa shape index (κ2) is 8.73. The van der Waals surface area contributed by atoms with E-state index in [-0.39, 0.29) is 6.04 Å². The van der Waals surface area contributed by atoms with E-state index >= 15 is 0 Å². The van der Waals surface area contributed by atoms with E-state index in [0.29, 0.717) is 6.54 Å². The number of benzene rings is 2. The zero-order valence-electron chi connectivity index (χ0n) is 17.6. The van der Waals surface area contributed by atoms with Gasteiger partial charge in [0.1, 0.15) is 12.3 Å². The molecule has 0 N–H and O–H groups in total. The molecule has 1 atom stereocenters. The van der Waals surface area contributed by atoms with Crippen LogP contribution in [0.5, 0.6) is 0 Å². The van der Waals surface area contributed by atoms with Gasteiger partial charge < -0.3 is 9.32 Å². The number of furan rings is 1. The molecule has 1 aliphatic rings. The topological polar surface area (TPSA) is 63.2 Å². The van der Waals surface area contributed by atoms with Gasteiger partial charge in [0.05, 0.1) is 12.3 Å². The van der Waals surface area contributed by atoms with Crippen LogP contribution in [0, 0.1) is 6.92 Å². The van der Waals surface area contributed by atoms with Gasteiger partial charge in [0.15, 0.2) is 5.82 Å². The third-order valence-electron chi connectivity index (χ3n) is 5.88. The smallest absolute Gasteiger partial charge is 0.173 e. The van der Waals surface area contributed by atoms with Crippen molar-refractivity contribution in [1.29, 1.82) is 0 Å². The normalized spacial score (nSPS) is 15.8. The van der Waals surface area contributed by atoms with Gasteiger partial charge in [0.2, 0.25) is 0 Å². The van der Waals surface area contributed by atoms with Crippen molar-refractivity contribution >= 4 is 5.69 Å². The molecule has 0 radical (unpaired) electrons. The number of hydrogen-bond acceptors (Lipinski definition) is 6. The van der Waals surface area contributed by atoms with Gasteiger partial charge in [0.25, 0.3) is 0 Å². The standard InChI is InChI=1S/C24H26N6O/c1-19-9-11-20(12-10-19)23(24-25-26-27-30(24)18-22-8-5-17-31-22)29-15-13-28(14-16-29)21-6-3-2-4-7-21/h2-12,17,23H,13-16,18H2,1H3/t23-/m0/s1. The lowest BCUT2D eigenvalue weighted by Gasteiger charge is -2.39. The van der Waals surface area contributed by atoms with Crippen LogP contribution in [-0.2, 0) is 6.54 Å². The van der Waals surface area contributed by atoms with Crippen molar-refractivity contribution in [2.75, 3.05) is 31.1 Å². The molecule has 3 heterocycles. The molecule has 1 fully saturated rings. The molecule has 1 aliphatic heterocycles. The molecule has 5 rings (SSSR count). The van der Waals surface area contributed by atoms with E-state index < -0.39 is 0 Å². The average molecular weight is 415 g/mol. The molecule has 0 unspecified atom stereocenters. The summed E-state index contributed by atoms with van der Waals surface area (Å²) in [6.07, 6.45) is 1.68. The monoisotopic (exact) mass is 414 g/mol. The molecule has 0 aliphatic carbocycles. The lowest BCUT2D eigenvalue weighted by Crippen LogP contribution is -2.48. The van der Waals surface area contributed by atoms with Crippen molar-refractivity contribution < 1.29 is 4.42 Å². The van der Waals surface area contributed by atoms with Crippen molar-refractivity contribution in [1.82, 2.24) is 25.1 Å². The summed E-state index contributed by atoms with van der Waals surface area (Å²) >= 11 is 0. The predicted octanol–water partition coefficient (Wildman–Crippen LogP) is 3.53. The maximum atomic E-state index is 5.53. The molecular weight excluding hydrogens is 388 g/mol. The molecule has 0 bridgehead atoms. The Morgan fingerprint density at radius 3 is 2.39 bits per heavy atom. The molecular formula is C24H26N6O. The van der Waals surface area contributed by atoms with E-state index in [1.165, 1.54) is 16.8 Å². The first kappa shape index (κ1) is 19.5. The minimum atomic E-state index is -0.0107. The number of para-hydroxylation sites is 1. The number of nitrogens with zero attached hydrogens (tertiary/aromatic N) is 6. The molecule has 0 saturated carbocycles. The first-order valence-corrected chi connectivity index (χ1v) is 10.7. The van der Waals surface area contributed by atoms with Crippen molar-refractivity contribution in [2.45, 2.75) is 19.5 Å². The Morgan fingerprint density at radius 2 is 1.68 bits per heavy atom. The Hall–Kier alpha value is -3.45. The van der Waals surface area contributed by atoms with E-state index in [4.69, 9.17) is 4.42 Å². The highest BCUT2D eigenvalue weighted by atomic mass is 16.3. The maximum Gasteiger partial charge on any atom is 0.173 e. The van der Waals surface area contributed by atoms with Gasteiger partial charge in [-0.2, -0.15) is 0 Å². The van der Waals surface area contributed by atoms with Crippen LogP contribution >= 0.6 is 0 Å².